The maximum atomic E-state index is 12.1. The smallest absolute Gasteiger partial charge is 0.323 e. The van der Waals surface area contributed by atoms with Crippen LogP contribution in [0.2, 0.25) is 0 Å². The van der Waals surface area contributed by atoms with E-state index >= 15 is 0 Å². The van der Waals surface area contributed by atoms with E-state index < -0.39 is 18.5 Å². The first-order chi connectivity index (χ1) is 10.0. The van der Waals surface area contributed by atoms with Gasteiger partial charge in [0.15, 0.2) is 0 Å². The summed E-state index contributed by atoms with van der Waals surface area (Å²) in [6, 6.07) is 4.22. The third-order valence-electron chi connectivity index (χ3n) is 2.54. The van der Waals surface area contributed by atoms with Crippen LogP contribution < -0.4 is 14.8 Å². The molecule has 0 aliphatic carbocycles. The van der Waals surface area contributed by atoms with Crippen LogP contribution in [0.3, 0.4) is 0 Å². The number of hydrogen-bond acceptors (Lipinski definition) is 4. The van der Waals surface area contributed by atoms with Gasteiger partial charge in [0.05, 0.1) is 26.5 Å². The lowest BCUT2D eigenvalue weighted by atomic mass is 10.2. The van der Waals surface area contributed by atoms with Gasteiger partial charge in [-0.1, -0.05) is 5.92 Å². The number of terminal acetylenes is 1. The van der Waals surface area contributed by atoms with Crippen LogP contribution in [0, 0.1) is 12.3 Å². The number of ether oxygens (including phenoxy) is 2. The summed E-state index contributed by atoms with van der Waals surface area (Å²) in [5.41, 5.74) is 0.356. The highest BCUT2D eigenvalue weighted by molar-refractivity contribution is 5.93. The molecule has 2 amide bonds. The van der Waals surface area contributed by atoms with E-state index in [-0.39, 0.29) is 6.54 Å². The lowest BCUT2D eigenvalue weighted by molar-refractivity contribution is -0.137. The summed E-state index contributed by atoms with van der Waals surface area (Å²) in [5.74, 6) is 2.02. The molecule has 0 heterocycles. The standard InChI is InChI=1S/C14H16N2O5/c1-4-7-16(9-13(17)18)14(19)15-11-8-10(20-2)5-6-12(11)21-3/h1,5-6,8H,7,9H2,2-3H3,(H,15,19)(H,17,18). The molecule has 0 unspecified atom stereocenters. The second kappa shape index (κ2) is 7.65. The largest absolute Gasteiger partial charge is 0.497 e. The van der Waals surface area contributed by atoms with Gasteiger partial charge in [0.1, 0.15) is 18.0 Å². The molecule has 0 saturated carbocycles. The topological polar surface area (TPSA) is 88.1 Å². The number of carboxylic acid groups (broad SMARTS) is 1. The van der Waals surface area contributed by atoms with Crippen molar-refractivity contribution in [1.29, 1.82) is 0 Å². The first-order valence-electron chi connectivity index (χ1n) is 5.95. The summed E-state index contributed by atoms with van der Waals surface area (Å²) in [6.07, 6.45) is 5.13. The number of nitrogens with zero attached hydrogens (tertiary/aromatic N) is 1. The minimum Gasteiger partial charge on any atom is -0.497 e. The second-order valence-corrected chi connectivity index (χ2v) is 3.95. The van der Waals surface area contributed by atoms with Crippen molar-refractivity contribution < 1.29 is 24.2 Å². The normalized spacial score (nSPS) is 9.38. The summed E-state index contributed by atoms with van der Waals surface area (Å²) < 4.78 is 10.2. The summed E-state index contributed by atoms with van der Waals surface area (Å²) in [6.45, 7) is -0.618. The molecule has 112 valence electrons. The molecule has 1 rings (SSSR count). The fourth-order valence-corrected chi connectivity index (χ4v) is 1.58. The lowest BCUT2D eigenvalue weighted by Crippen LogP contribution is -2.39. The summed E-state index contributed by atoms with van der Waals surface area (Å²) >= 11 is 0. The molecule has 7 heteroatoms. The first-order valence-corrected chi connectivity index (χ1v) is 5.95. The Morgan fingerprint density at radius 2 is 2.10 bits per heavy atom. The van der Waals surface area contributed by atoms with Crippen molar-refractivity contribution in [1.82, 2.24) is 4.90 Å². The molecular formula is C14H16N2O5. The monoisotopic (exact) mass is 292 g/mol. The molecule has 7 nitrogen and oxygen atoms in total. The van der Waals surface area contributed by atoms with E-state index in [1.807, 2.05) is 0 Å². The number of rotatable bonds is 6. The Balaban J connectivity index is 2.94. The van der Waals surface area contributed by atoms with Gasteiger partial charge in [-0.3, -0.25) is 4.79 Å². The number of amides is 2. The maximum Gasteiger partial charge on any atom is 0.323 e. The quantitative estimate of drug-likeness (QED) is 0.771. The Labute approximate surface area is 122 Å². The Bertz CT molecular complexity index is 565. The molecule has 0 radical (unpaired) electrons. The Kier molecular flexibility index (Phi) is 5.89. The minimum atomic E-state index is -1.15. The van der Waals surface area contributed by atoms with Crippen molar-refractivity contribution in [2.45, 2.75) is 0 Å². The number of benzene rings is 1. The van der Waals surface area contributed by atoms with E-state index in [4.69, 9.17) is 21.0 Å². The lowest BCUT2D eigenvalue weighted by Gasteiger charge is -2.19. The van der Waals surface area contributed by atoms with Crippen LogP contribution in [-0.4, -0.2) is 49.3 Å². The number of nitrogens with one attached hydrogen (secondary N) is 1. The number of anilines is 1. The first kappa shape index (κ1) is 16.2. The predicted octanol–water partition coefficient (Wildman–Crippen LogP) is 1.26. The summed E-state index contributed by atoms with van der Waals surface area (Å²) in [4.78, 5) is 23.8. The summed E-state index contributed by atoms with van der Waals surface area (Å²) in [5, 5.41) is 11.3. The van der Waals surface area contributed by atoms with Crippen LogP contribution in [0.15, 0.2) is 18.2 Å². The van der Waals surface area contributed by atoms with Gasteiger partial charge in [-0.2, -0.15) is 0 Å². The molecule has 1 aromatic rings. The third-order valence-corrected chi connectivity index (χ3v) is 2.54. The number of methoxy groups -OCH3 is 2. The molecule has 0 fully saturated rings. The van der Waals surface area contributed by atoms with E-state index in [9.17, 15) is 9.59 Å². The van der Waals surface area contributed by atoms with Crippen molar-refractivity contribution >= 4 is 17.7 Å². The van der Waals surface area contributed by atoms with Crippen LogP contribution in [0.1, 0.15) is 0 Å². The Morgan fingerprint density at radius 1 is 1.38 bits per heavy atom. The Morgan fingerprint density at radius 3 is 2.62 bits per heavy atom. The molecule has 0 atom stereocenters. The van der Waals surface area contributed by atoms with Crippen molar-refractivity contribution in [2.75, 3.05) is 32.6 Å². The van der Waals surface area contributed by atoms with E-state index in [1.165, 1.54) is 14.2 Å². The number of aliphatic carboxylic acids is 1. The van der Waals surface area contributed by atoms with Gasteiger partial charge < -0.3 is 24.8 Å². The highest BCUT2D eigenvalue weighted by Gasteiger charge is 2.17. The van der Waals surface area contributed by atoms with Gasteiger partial charge in [-0.05, 0) is 12.1 Å². The molecule has 0 aliphatic heterocycles. The van der Waals surface area contributed by atoms with Crippen LogP contribution >= 0.6 is 0 Å². The molecule has 2 N–H and O–H groups in total. The second-order valence-electron chi connectivity index (χ2n) is 3.95. The van der Waals surface area contributed by atoms with Crippen molar-refractivity contribution in [3.05, 3.63) is 18.2 Å². The predicted molar refractivity (Wildman–Crippen MR) is 76.6 cm³/mol. The van der Waals surface area contributed by atoms with Crippen LogP contribution in [0.5, 0.6) is 11.5 Å². The van der Waals surface area contributed by atoms with Crippen molar-refractivity contribution in [3.63, 3.8) is 0 Å². The number of carboxylic acids is 1. The number of urea groups is 1. The highest BCUT2D eigenvalue weighted by atomic mass is 16.5. The molecule has 0 bridgehead atoms. The molecule has 0 spiro atoms. The van der Waals surface area contributed by atoms with Gasteiger partial charge in [-0.15, -0.1) is 6.42 Å². The number of carbonyl (C=O) groups excluding carboxylic acids is 1. The highest BCUT2D eigenvalue weighted by Crippen LogP contribution is 2.29. The van der Waals surface area contributed by atoms with Crippen molar-refractivity contribution in [2.24, 2.45) is 0 Å². The van der Waals surface area contributed by atoms with Crippen molar-refractivity contribution in [3.8, 4) is 23.8 Å². The van der Waals surface area contributed by atoms with Crippen LogP contribution in [0.4, 0.5) is 10.5 Å². The molecule has 0 aromatic heterocycles. The van der Waals surface area contributed by atoms with Gasteiger partial charge in [-0.25, -0.2) is 4.79 Å². The molecule has 1 aromatic carbocycles. The maximum absolute atomic E-state index is 12.1. The minimum absolute atomic E-state index is 0.121. The van der Waals surface area contributed by atoms with E-state index in [0.29, 0.717) is 17.2 Å². The van der Waals surface area contributed by atoms with Gasteiger partial charge in [0.25, 0.3) is 0 Å². The Hall–Kier alpha value is -2.88. The zero-order valence-corrected chi connectivity index (χ0v) is 11.8. The van der Waals surface area contributed by atoms with Gasteiger partial charge in [0, 0.05) is 6.07 Å². The third kappa shape index (κ3) is 4.62. The average Bonchev–Trinajstić information content (AvgIpc) is 2.46. The molecular weight excluding hydrogens is 276 g/mol. The molecule has 0 saturated heterocycles. The van der Waals surface area contributed by atoms with Crippen LogP contribution in [0.25, 0.3) is 0 Å². The van der Waals surface area contributed by atoms with E-state index in [2.05, 4.69) is 11.2 Å². The SMILES string of the molecule is C#CCN(CC(=O)O)C(=O)Nc1cc(OC)ccc1OC. The van der Waals surface area contributed by atoms with Gasteiger partial charge >= 0.3 is 12.0 Å². The van der Waals surface area contributed by atoms with E-state index in [0.717, 1.165) is 4.90 Å². The zero-order chi connectivity index (χ0) is 15.8. The molecule has 21 heavy (non-hydrogen) atoms. The van der Waals surface area contributed by atoms with E-state index in [1.54, 1.807) is 18.2 Å². The fourth-order valence-electron chi connectivity index (χ4n) is 1.58. The van der Waals surface area contributed by atoms with Crippen LogP contribution in [-0.2, 0) is 4.79 Å². The molecule has 0 aliphatic rings. The fraction of sp³-hybridized carbons (Fsp3) is 0.286. The zero-order valence-electron chi connectivity index (χ0n) is 11.8. The summed E-state index contributed by atoms with van der Waals surface area (Å²) in [7, 11) is 2.94. The van der Waals surface area contributed by atoms with Gasteiger partial charge in [0.2, 0.25) is 0 Å². The number of hydrogen-bond donors (Lipinski definition) is 2. The average molecular weight is 292 g/mol. The number of carbonyl (C=O) groups is 2.